The van der Waals surface area contributed by atoms with Crippen LogP contribution in [0.4, 0.5) is 10.1 Å². The fraction of sp³-hybridized carbons (Fsp3) is 0.188. The highest BCUT2D eigenvalue weighted by atomic mass is 35.5. The van der Waals surface area contributed by atoms with Crippen molar-refractivity contribution in [2.75, 3.05) is 24.7 Å². The van der Waals surface area contributed by atoms with Gasteiger partial charge in [0.05, 0.1) is 12.2 Å². The Morgan fingerprint density at radius 1 is 1.32 bits per heavy atom. The van der Waals surface area contributed by atoms with Crippen LogP contribution in [0.1, 0.15) is 0 Å². The number of amides is 1. The Kier molecular flexibility index (Phi) is 4.15. The first kappa shape index (κ1) is 14.7. The molecule has 0 saturated carbocycles. The Hall–Kier alpha value is -2.27. The molecule has 3 rings (SSSR count). The second-order valence-corrected chi connectivity index (χ2v) is 5.19. The van der Waals surface area contributed by atoms with Crippen LogP contribution in [0.5, 0.6) is 11.5 Å². The molecule has 0 aromatic heterocycles. The monoisotopic (exact) mass is 321 g/mol. The normalized spacial score (nSPS) is 13.3. The topological polar surface area (TPSA) is 38.8 Å². The molecule has 0 atom stereocenters. The summed E-state index contributed by atoms with van der Waals surface area (Å²) in [7, 11) is 0. The maximum absolute atomic E-state index is 13.2. The van der Waals surface area contributed by atoms with Crippen molar-refractivity contribution in [2.24, 2.45) is 0 Å². The minimum atomic E-state index is -0.400. The van der Waals surface area contributed by atoms with Crippen molar-refractivity contribution in [1.82, 2.24) is 0 Å². The van der Waals surface area contributed by atoms with Crippen molar-refractivity contribution in [3.8, 4) is 11.5 Å². The number of fused-ring (bicyclic) bond motifs is 1. The van der Waals surface area contributed by atoms with E-state index in [9.17, 15) is 9.18 Å². The molecule has 0 N–H and O–H groups in total. The van der Waals surface area contributed by atoms with Gasteiger partial charge < -0.3 is 14.4 Å². The average molecular weight is 322 g/mol. The van der Waals surface area contributed by atoms with E-state index < -0.39 is 5.82 Å². The van der Waals surface area contributed by atoms with Crippen LogP contribution in [0.25, 0.3) is 0 Å². The van der Waals surface area contributed by atoms with Crippen molar-refractivity contribution in [1.29, 1.82) is 0 Å². The van der Waals surface area contributed by atoms with Gasteiger partial charge in [-0.1, -0.05) is 17.7 Å². The van der Waals surface area contributed by atoms with Gasteiger partial charge in [-0.05, 0) is 30.3 Å². The molecule has 2 aromatic carbocycles. The molecule has 1 aliphatic rings. The first-order valence-corrected chi connectivity index (χ1v) is 7.12. The Bertz CT molecular complexity index is 708. The molecule has 6 heteroatoms. The van der Waals surface area contributed by atoms with Gasteiger partial charge in [0.25, 0.3) is 5.91 Å². The highest BCUT2D eigenvalue weighted by Crippen LogP contribution is 2.32. The van der Waals surface area contributed by atoms with Crippen molar-refractivity contribution in [3.05, 3.63) is 53.3 Å². The van der Waals surface area contributed by atoms with Gasteiger partial charge in [-0.2, -0.15) is 0 Å². The third-order valence-corrected chi connectivity index (χ3v) is 3.48. The molecule has 1 aliphatic heterocycles. The summed E-state index contributed by atoms with van der Waals surface area (Å²) in [5.74, 6) is 0.259. The van der Waals surface area contributed by atoms with Crippen molar-refractivity contribution >= 4 is 23.2 Å². The quantitative estimate of drug-likeness (QED) is 0.871. The lowest BCUT2D eigenvalue weighted by Crippen LogP contribution is -2.40. The zero-order valence-electron chi connectivity index (χ0n) is 11.6. The molecule has 1 amide bonds. The lowest BCUT2D eigenvalue weighted by Gasteiger charge is -2.29. The number of hydrogen-bond donors (Lipinski definition) is 0. The summed E-state index contributed by atoms with van der Waals surface area (Å²) in [4.78, 5) is 13.9. The van der Waals surface area contributed by atoms with Gasteiger partial charge >= 0.3 is 0 Å². The molecule has 0 unspecified atom stereocenters. The van der Waals surface area contributed by atoms with E-state index in [4.69, 9.17) is 21.1 Å². The van der Waals surface area contributed by atoms with Crippen molar-refractivity contribution in [3.63, 3.8) is 0 Å². The van der Waals surface area contributed by atoms with Gasteiger partial charge in [0.2, 0.25) is 0 Å². The molecule has 22 heavy (non-hydrogen) atoms. The van der Waals surface area contributed by atoms with Gasteiger partial charge in [0.15, 0.2) is 6.61 Å². The predicted octanol–water partition coefficient (Wildman–Crippen LogP) is 3.28. The lowest BCUT2D eigenvalue weighted by molar-refractivity contribution is -0.120. The predicted molar refractivity (Wildman–Crippen MR) is 81.2 cm³/mol. The van der Waals surface area contributed by atoms with Crippen LogP contribution in [0.3, 0.4) is 0 Å². The van der Waals surface area contributed by atoms with E-state index in [1.165, 1.54) is 23.1 Å². The Labute approximate surface area is 132 Å². The maximum atomic E-state index is 13.2. The Morgan fingerprint density at radius 3 is 3.00 bits per heavy atom. The van der Waals surface area contributed by atoms with Crippen LogP contribution in [0, 0.1) is 5.82 Å². The SMILES string of the molecule is O=C(COc1cccc(Cl)c1)N1CCOc2cc(F)ccc21. The van der Waals surface area contributed by atoms with Gasteiger partial charge in [-0.3, -0.25) is 4.79 Å². The number of ether oxygens (including phenoxy) is 2. The minimum absolute atomic E-state index is 0.128. The lowest BCUT2D eigenvalue weighted by atomic mass is 10.2. The molecule has 0 fully saturated rings. The van der Waals surface area contributed by atoms with Crippen molar-refractivity contribution < 1.29 is 18.7 Å². The average Bonchev–Trinajstić information content (AvgIpc) is 2.52. The standard InChI is InChI=1S/C16H13ClFNO3/c17-11-2-1-3-13(8-11)22-10-16(20)19-6-7-21-15-9-12(18)4-5-14(15)19/h1-5,8-9H,6-7,10H2. The van der Waals surface area contributed by atoms with Gasteiger partial charge in [0, 0.05) is 11.1 Å². The second kappa shape index (κ2) is 6.23. The first-order chi connectivity index (χ1) is 10.6. The van der Waals surface area contributed by atoms with E-state index in [-0.39, 0.29) is 12.5 Å². The number of carbonyl (C=O) groups excluding carboxylic acids is 1. The fourth-order valence-corrected chi connectivity index (χ4v) is 2.41. The number of carbonyl (C=O) groups is 1. The van der Waals surface area contributed by atoms with E-state index >= 15 is 0 Å². The maximum Gasteiger partial charge on any atom is 0.265 e. The zero-order valence-corrected chi connectivity index (χ0v) is 12.3. The molecule has 114 valence electrons. The molecular weight excluding hydrogens is 309 g/mol. The smallest absolute Gasteiger partial charge is 0.265 e. The number of halogens is 2. The summed E-state index contributed by atoms with van der Waals surface area (Å²) >= 11 is 5.86. The molecule has 0 bridgehead atoms. The van der Waals surface area contributed by atoms with Crippen molar-refractivity contribution in [2.45, 2.75) is 0 Å². The van der Waals surface area contributed by atoms with Crippen LogP contribution < -0.4 is 14.4 Å². The molecule has 1 heterocycles. The third-order valence-electron chi connectivity index (χ3n) is 3.24. The fourth-order valence-electron chi connectivity index (χ4n) is 2.23. The number of nitrogens with zero attached hydrogens (tertiary/aromatic N) is 1. The minimum Gasteiger partial charge on any atom is -0.489 e. The number of benzene rings is 2. The molecule has 0 saturated heterocycles. The summed E-state index contributed by atoms with van der Waals surface area (Å²) in [6.45, 7) is 0.590. The Morgan fingerprint density at radius 2 is 2.18 bits per heavy atom. The highest BCUT2D eigenvalue weighted by molar-refractivity contribution is 6.30. The van der Waals surface area contributed by atoms with E-state index in [1.54, 1.807) is 24.3 Å². The van der Waals surface area contributed by atoms with Gasteiger partial charge in [-0.15, -0.1) is 0 Å². The largest absolute Gasteiger partial charge is 0.489 e. The summed E-state index contributed by atoms with van der Waals surface area (Å²) in [6, 6.07) is 10.9. The van der Waals surface area contributed by atoms with Crippen LogP contribution in [0.15, 0.2) is 42.5 Å². The van der Waals surface area contributed by atoms with E-state index in [1.807, 2.05) is 0 Å². The molecule has 0 radical (unpaired) electrons. The van der Waals surface area contributed by atoms with Gasteiger partial charge in [-0.25, -0.2) is 4.39 Å². The first-order valence-electron chi connectivity index (χ1n) is 6.74. The van der Waals surface area contributed by atoms with Gasteiger partial charge in [0.1, 0.15) is 23.9 Å². The van der Waals surface area contributed by atoms with E-state index in [0.29, 0.717) is 35.4 Å². The molecule has 0 aliphatic carbocycles. The van der Waals surface area contributed by atoms with Crippen LogP contribution in [0.2, 0.25) is 5.02 Å². The summed E-state index contributed by atoms with van der Waals surface area (Å²) in [5.41, 5.74) is 0.548. The molecular formula is C16H13ClFNO3. The van der Waals surface area contributed by atoms with Crippen LogP contribution in [-0.4, -0.2) is 25.7 Å². The third kappa shape index (κ3) is 3.14. The molecule has 2 aromatic rings. The molecule has 0 spiro atoms. The number of anilines is 1. The summed E-state index contributed by atoms with van der Waals surface area (Å²) in [6.07, 6.45) is 0. The number of rotatable bonds is 3. The second-order valence-electron chi connectivity index (χ2n) is 4.75. The van der Waals surface area contributed by atoms with Crippen LogP contribution >= 0.6 is 11.6 Å². The summed E-state index contributed by atoms with van der Waals surface area (Å²) in [5, 5.41) is 0.539. The van der Waals surface area contributed by atoms with Crippen LogP contribution in [-0.2, 0) is 4.79 Å². The highest BCUT2D eigenvalue weighted by Gasteiger charge is 2.24. The number of hydrogen-bond acceptors (Lipinski definition) is 3. The van der Waals surface area contributed by atoms with E-state index in [0.717, 1.165) is 0 Å². The molecule has 4 nitrogen and oxygen atoms in total. The Balaban J connectivity index is 1.71. The van der Waals surface area contributed by atoms with E-state index in [2.05, 4.69) is 0 Å². The summed E-state index contributed by atoms with van der Waals surface area (Å²) < 4.78 is 24.0. The zero-order chi connectivity index (χ0) is 15.5.